The van der Waals surface area contributed by atoms with Crippen LogP contribution < -0.4 is 4.72 Å². The van der Waals surface area contributed by atoms with Crippen molar-refractivity contribution in [3.8, 4) is 0 Å². The summed E-state index contributed by atoms with van der Waals surface area (Å²) in [6.45, 7) is 2.44. The van der Waals surface area contributed by atoms with Crippen molar-refractivity contribution in [2.75, 3.05) is 18.3 Å². The zero-order chi connectivity index (χ0) is 15.9. The third kappa shape index (κ3) is 5.73. The van der Waals surface area contributed by atoms with Crippen molar-refractivity contribution in [1.29, 1.82) is 0 Å². The number of carbonyl (C=O) groups is 1. The third-order valence-electron chi connectivity index (χ3n) is 3.10. The minimum atomic E-state index is -3.61. The highest BCUT2D eigenvalue weighted by atomic mass is 32.2. The first-order chi connectivity index (χ1) is 9.86. The van der Waals surface area contributed by atoms with Crippen LogP contribution in [0.5, 0.6) is 0 Å². The second-order valence-electron chi connectivity index (χ2n) is 4.83. The number of benzene rings is 1. The number of unbranched alkanes of at least 4 members (excludes halogenated alkanes) is 1. The van der Waals surface area contributed by atoms with E-state index in [-0.39, 0.29) is 12.8 Å². The van der Waals surface area contributed by atoms with E-state index in [4.69, 9.17) is 5.11 Å². The van der Waals surface area contributed by atoms with Crippen LogP contribution in [0.2, 0.25) is 0 Å². The topological polar surface area (TPSA) is 86.7 Å². The molecule has 2 N–H and O–H groups in total. The van der Waals surface area contributed by atoms with Gasteiger partial charge >= 0.3 is 16.2 Å². The van der Waals surface area contributed by atoms with Crippen molar-refractivity contribution in [3.05, 3.63) is 29.8 Å². The highest BCUT2D eigenvalue weighted by Gasteiger charge is 2.18. The minimum absolute atomic E-state index is 0.0373. The summed E-state index contributed by atoms with van der Waals surface area (Å²) in [5.74, 6) is -0.910. The molecule has 0 amide bonds. The maximum absolute atomic E-state index is 12.2. The van der Waals surface area contributed by atoms with Crippen LogP contribution >= 0.6 is 0 Å². The van der Waals surface area contributed by atoms with Gasteiger partial charge in [0.15, 0.2) is 0 Å². The normalized spacial score (nSPS) is 11.6. The fourth-order valence-electron chi connectivity index (χ4n) is 1.80. The molecular formula is C14H22N2O4S. The van der Waals surface area contributed by atoms with E-state index in [0.29, 0.717) is 17.8 Å². The minimum Gasteiger partial charge on any atom is -0.481 e. The van der Waals surface area contributed by atoms with Crippen LogP contribution in [0.3, 0.4) is 0 Å². The van der Waals surface area contributed by atoms with Crippen LogP contribution in [-0.2, 0) is 21.4 Å². The van der Waals surface area contributed by atoms with E-state index in [1.165, 1.54) is 11.4 Å². The first-order valence-electron chi connectivity index (χ1n) is 6.90. The Kier molecular flexibility index (Phi) is 6.64. The fourth-order valence-corrected chi connectivity index (χ4v) is 2.80. The molecule has 0 fully saturated rings. The largest absolute Gasteiger partial charge is 0.481 e. The second kappa shape index (κ2) is 7.99. The van der Waals surface area contributed by atoms with Crippen molar-refractivity contribution in [2.24, 2.45) is 0 Å². The van der Waals surface area contributed by atoms with Crippen molar-refractivity contribution in [2.45, 2.75) is 32.6 Å². The highest BCUT2D eigenvalue weighted by molar-refractivity contribution is 7.90. The lowest BCUT2D eigenvalue weighted by molar-refractivity contribution is -0.136. The monoisotopic (exact) mass is 314 g/mol. The SMILES string of the molecule is CCCCN(C)S(=O)(=O)Nc1ccccc1CCC(=O)O. The van der Waals surface area contributed by atoms with Crippen LogP contribution in [0.4, 0.5) is 5.69 Å². The van der Waals surface area contributed by atoms with Gasteiger partial charge in [0, 0.05) is 20.0 Å². The van der Waals surface area contributed by atoms with Crippen LogP contribution in [0.1, 0.15) is 31.7 Å². The Morgan fingerprint density at radius 1 is 1.33 bits per heavy atom. The van der Waals surface area contributed by atoms with Crippen molar-refractivity contribution in [3.63, 3.8) is 0 Å². The van der Waals surface area contributed by atoms with Gasteiger partial charge in [-0.3, -0.25) is 9.52 Å². The number of anilines is 1. The molecule has 0 atom stereocenters. The van der Waals surface area contributed by atoms with E-state index >= 15 is 0 Å². The molecule has 7 heteroatoms. The van der Waals surface area contributed by atoms with Gasteiger partial charge in [-0.05, 0) is 24.5 Å². The molecule has 1 rings (SSSR count). The number of para-hydroxylation sites is 1. The number of aliphatic carboxylic acids is 1. The van der Waals surface area contributed by atoms with E-state index in [1.807, 2.05) is 6.92 Å². The molecule has 118 valence electrons. The van der Waals surface area contributed by atoms with E-state index in [0.717, 1.165) is 12.8 Å². The lowest BCUT2D eigenvalue weighted by Crippen LogP contribution is -2.33. The first kappa shape index (κ1) is 17.5. The number of hydrogen-bond acceptors (Lipinski definition) is 3. The van der Waals surface area contributed by atoms with Gasteiger partial charge in [0.25, 0.3) is 0 Å². The lowest BCUT2D eigenvalue weighted by Gasteiger charge is -2.19. The van der Waals surface area contributed by atoms with Gasteiger partial charge in [-0.15, -0.1) is 0 Å². The summed E-state index contributed by atoms with van der Waals surface area (Å²) in [6, 6.07) is 6.85. The van der Waals surface area contributed by atoms with Crippen LogP contribution in [0.25, 0.3) is 0 Å². The van der Waals surface area contributed by atoms with Gasteiger partial charge in [-0.25, -0.2) is 0 Å². The van der Waals surface area contributed by atoms with E-state index in [2.05, 4.69) is 4.72 Å². The van der Waals surface area contributed by atoms with Crippen molar-refractivity contribution < 1.29 is 18.3 Å². The summed E-state index contributed by atoms with van der Waals surface area (Å²) in [5.41, 5.74) is 1.11. The molecule has 1 aromatic carbocycles. The Morgan fingerprint density at radius 2 is 2.00 bits per heavy atom. The summed E-state index contributed by atoms with van der Waals surface area (Å²) in [5, 5.41) is 8.74. The molecule has 6 nitrogen and oxygen atoms in total. The number of nitrogens with one attached hydrogen (secondary N) is 1. The van der Waals surface area contributed by atoms with Gasteiger partial charge in [0.2, 0.25) is 0 Å². The average molecular weight is 314 g/mol. The molecule has 0 radical (unpaired) electrons. The molecule has 0 saturated carbocycles. The second-order valence-corrected chi connectivity index (χ2v) is 6.61. The summed E-state index contributed by atoms with van der Waals surface area (Å²) < 4.78 is 28.2. The van der Waals surface area contributed by atoms with Gasteiger partial charge in [-0.2, -0.15) is 12.7 Å². The Morgan fingerprint density at radius 3 is 2.62 bits per heavy atom. The molecule has 0 bridgehead atoms. The Labute approximate surface area is 126 Å². The van der Waals surface area contributed by atoms with Crippen LogP contribution in [-0.4, -0.2) is 37.4 Å². The van der Waals surface area contributed by atoms with Gasteiger partial charge in [0.05, 0.1) is 5.69 Å². The van der Waals surface area contributed by atoms with Gasteiger partial charge in [0.1, 0.15) is 0 Å². The molecule has 0 aliphatic heterocycles. The molecule has 0 aliphatic carbocycles. The van der Waals surface area contributed by atoms with Crippen LogP contribution in [0, 0.1) is 0 Å². The molecule has 0 saturated heterocycles. The number of hydrogen-bond donors (Lipinski definition) is 2. The summed E-state index contributed by atoms with van der Waals surface area (Å²) in [4.78, 5) is 10.6. The molecule has 0 aromatic heterocycles. The lowest BCUT2D eigenvalue weighted by atomic mass is 10.1. The molecular weight excluding hydrogens is 292 g/mol. The molecule has 0 heterocycles. The van der Waals surface area contributed by atoms with Crippen LogP contribution in [0.15, 0.2) is 24.3 Å². The molecule has 1 aromatic rings. The zero-order valence-electron chi connectivity index (χ0n) is 12.4. The maximum Gasteiger partial charge on any atom is 0.303 e. The van der Waals surface area contributed by atoms with E-state index in [1.54, 1.807) is 24.3 Å². The highest BCUT2D eigenvalue weighted by Crippen LogP contribution is 2.19. The number of aryl methyl sites for hydroxylation is 1. The Balaban J connectivity index is 2.84. The maximum atomic E-state index is 12.2. The van der Waals surface area contributed by atoms with E-state index in [9.17, 15) is 13.2 Å². The molecule has 0 aliphatic rings. The molecule has 0 spiro atoms. The van der Waals surface area contributed by atoms with E-state index < -0.39 is 16.2 Å². The smallest absolute Gasteiger partial charge is 0.303 e. The Bertz CT molecular complexity index is 572. The predicted molar refractivity (Wildman–Crippen MR) is 82.5 cm³/mol. The quantitative estimate of drug-likeness (QED) is 0.730. The number of carboxylic acid groups (broad SMARTS) is 1. The summed E-state index contributed by atoms with van der Waals surface area (Å²) in [6.07, 6.45) is 1.95. The number of nitrogens with zero attached hydrogens (tertiary/aromatic N) is 1. The average Bonchev–Trinajstić information content (AvgIpc) is 2.43. The number of carboxylic acids is 1. The standard InChI is InChI=1S/C14H22N2O4S/c1-3-4-11-16(2)21(19,20)15-13-8-6-5-7-12(13)9-10-14(17)18/h5-8,15H,3-4,9-11H2,1-2H3,(H,17,18). The third-order valence-corrected chi connectivity index (χ3v) is 4.58. The predicted octanol–water partition coefficient (Wildman–Crippen LogP) is 2.09. The molecule has 0 unspecified atom stereocenters. The first-order valence-corrected chi connectivity index (χ1v) is 8.34. The van der Waals surface area contributed by atoms with Crippen molar-refractivity contribution in [1.82, 2.24) is 4.31 Å². The zero-order valence-corrected chi connectivity index (χ0v) is 13.2. The Hall–Kier alpha value is -1.60. The fraction of sp³-hybridized carbons (Fsp3) is 0.500. The van der Waals surface area contributed by atoms with Crippen molar-refractivity contribution >= 4 is 21.9 Å². The summed E-state index contributed by atoms with van der Waals surface area (Å²) >= 11 is 0. The number of rotatable bonds is 9. The molecule has 21 heavy (non-hydrogen) atoms. The summed E-state index contributed by atoms with van der Waals surface area (Å²) in [7, 11) is -2.09. The van der Waals surface area contributed by atoms with Gasteiger partial charge < -0.3 is 5.11 Å². The van der Waals surface area contributed by atoms with Gasteiger partial charge in [-0.1, -0.05) is 31.5 Å².